The molecule has 1 unspecified atom stereocenters. The van der Waals surface area contributed by atoms with Crippen LogP contribution < -0.4 is 5.32 Å². The summed E-state index contributed by atoms with van der Waals surface area (Å²) in [5.41, 5.74) is 5.05. The lowest BCUT2D eigenvalue weighted by atomic mass is 9.65. The highest BCUT2D eigenvalue weighted by molar-refractivity contribution is 5.52. The molecule has 0 radical (unpaired) electrons. The number of rotatable bonds is 2. The zero-order valence-electron chi connectivity index (χ0n) is 11.7. The van der Waals surface area contributed by atoms with Crippen LogP contribution in [0.1, 0.15) is 43.0 Å². The number of aryl methyl sites for hydroxylation is 1. The molecule has 0 aliphatic heterocycles. The van der Waals surface area contributed by atoms with Gasteiger partial charge in [0.2, 0.25) is 0 Å². The first kappa shape index (κ1) is 12.3. The molecule has 1 aromatic heterocycles. The third-order valence-corrected chi connectivity index (χ3v) is 4.33. The zero-order chi connectivity index (χ0) is 13.5. The summed E-state index contributed by atoms with van der Waals surface area (Å²) in [6, 6.07) is 8.70. The van der Waals surface area contributed by atoms with Gasteiger partial charge < -0.3 is 9.84 Å². The number of nitrogens with one attached hydrogen (secondary N) is 1. The molecule has 0 bridgehead atoms. The van der Waals surface area contributed by atoms with Crippen LogP contribution in [0.4, 0.5) is 5.69 Å². The van der Waals surface area contributed by atoms with E-state index in [0.29, 0.717) is 5.92 Å². The summed E-state index contributed by atoms with van der Waals surface area (Å²) in [5.74, 6) is 0.290. The van der Waals surface area contributed by atoms with E-state index >= 15 is 0 Å². The Kier molecular flexibility index (Phi) is 2.85. The molecule has 3 nitrogen and oxygen atoms in total. The van der Waals surface area contributed by atoms with Crippen LogP contribution in [0.25, 0.3) is 0 Å². The van der Waals surface area contributed by atoms with Crippen LogP contribution in [0.5, 0.6) is 0 Å². The van der Waals surface area contributed by atoms with Gasteiger partial charge >= 0.3 is 0 Å². The highest BCUT2D eigenvalue weighted by atomic mass is 16.5. The smallest absolute Gasteiger partial charge is 0.147 e. The topological polar surface area (TPSA) is 38.1 Å². The molecule has 2 aromatic rings. The van der Waals surface area contributed by atoms with Crippen molar-refractivity contribution in [2.45, 2.75) is 32.6 Å². The molecule has 0 amide bonds. The molecule has 1 aliphatic carbocycles. The molecular weight excluding hydrogens is 236 g/mol. The quantitative estimate of drug-likeness (QED) is 0.887. The molecule has 0 saturated carbocycles. The Bertz CT molecular complexity index is 586. The summed E-state index contributed by atoms with van der Waals surface area (Å²) in [6.07, 6.45) is 4.01. The fourth-order valence-corrected chi connectivity index (χ4v) is 3.22. The van der Waals surface area contributed by atoms with Crippen LogP contribution in [-0.4, -0.2) is 12.2 Å². The van der Waals surface area contributed by atoms with Crippen molar-refractivity contribution < 1.29 is 4.52 Å². The van der Waals surface area contributed by atoms with Gasteiger partial charge in [0.05, 0.1) is 5.69 Å². The molecule has 0 fully saturated rings. The fourth-order valence-electron chi connectivity index (χ4n) is 3.22. The summed E-state index contributed by atoms with van der Waals surface area (Å²) in [4.78, 5) is 0. The first-order valence-corrected chi connectivity index (χ1v) is 6.83. The predicted molar refractivity (Wildman–Crippen MR) is 76.4 cm³/mol. The molecule has 1 aliphatic rings. The van der Waals surface area contributed by atoms with Crippen LogP contribution in [-0.2, 0) is 6.42 Å². The van der Waals surface area contributed by atoms with Gasteiger partial charge in [-0.2, -0.15) is 0 Å². The van der Waals surface area contributed by atoms with Crippen LogP contribution in [0.2, 0.25) is 0 Å². The Hall–Kier alpha value is -1.77. The molecule has 19 heavy (non-hydrogen) atoms. The van der Waals surface area contributed by atoms with E-state index in [1.54, 1.807) is 6.26 Å². The van der Waals surface area contributed by atoms with Gasteiger partial charge in [0.1, 0.15) is 12.0 Å². The van der Waals surface area contributed by atoms with Gasteiger partial charge in [-0.15, -0.1) is 0 Å². The Morgan fingerprint density at radius 2 is 2.11 bits per heavy atom. The second kappa shape index (κ2) is 4.41. The van der Waals surface area contributed by atoms with E-state index in [1.165, 1.54) is 17.5 Å². The van der Waals surface area contributed by atoms with Crippen molar-refractivity contribution in [2.24, 2.45) is 5.41 Å². The third-order valence-electron chi connectivity index (χ3n) is 4.33. The van der Waals surface area contributed by atoms with Crippen molar-refractivity contribution in [1.82, 2.24) is 5.16 Å². The Morgan fingerprint density at radius 3 is 2.89 bits per heavy atom. The molecule has 100 valence electrons. The van der Waals surface area contributed by atoms with Gasteiger partial charge in [-0.1, -0.05) is 43.3 Å². The van der Waals surface area contributed by atoms with Crippen LogP contribution in [0.3, 0.4) is 0 Å². The zero-order valence-corrected chi connectivity index (χ0v) is 11.7. The number of hydrogen-bond acceptors (Lipinski definition) is 3. The minimum atomic E-state index is 0.191. The maximum Gasteiger partial charge on any atom is 0.147 e. The third kappa shape index (κ3) is 1.93. The van der Waals surface area contributed by atoms with Crippen molar-refractivity contribution in [3.63, 3.8) is 0 Å². The van der Waals surface area contributed by atoms with E-state index in [-0.39, 0.29) is 5.41 Å². The predicted octanol–water partition coefficient (Wildman–Crippen LogP) is 3.82. The van der Waals surface area contributed by atoms with E-state index in [1.807, 2.05) is 7.05 Å². The number of aromatic nitrogens is 1. The molecule has 1 N–H and O–H groups in total. The number of hydrogen-bond donors (Lipinski definition) is 1. The lowest BCUT2D eigenvalue weighted by molar-refractivity contribution is 0.263. The Morgan fingerprint density at radius 1 is 1.32 bits per heavy atom. The highest BCUT2D eigenvalue weighted by Gasteiger charge is 2.39. The largest absolute Gasteiger partial charge is 0.384 e. The molecule has 3 rings (SSSR count). The molecule has 0 spiro atoms. The second-order valence-corrected chi connectivity index (χ2v) is 5.98. The van der Waals surface area contributed by atoms with Gasteiger partial charge in [-0.3, -0.25) is 0 Å². The van der Waals surface area contributed by atoms with Gasteiger partial charge in [0.15, 0.2) is 0 Å². The summed E-state index contributed by atoms with van der Waals surface area (Å²) in [6.45, 7) is 4.64. The van der Waals surface area contributed by atoms with Crippen molar-refractivity contribution in [3.05, 3.63) is 47.3 Å². The normalized spacial score (nSPS) is 20.9. The summed E-state index contributed by atoms with van der Waals surface area (Å²) in [5, 5.41) is 7.45. The van der Waals surface area contributed by atoms with Crippen molar-refractivity contribution in [2.75, 3.05) is 12.4 Å². The van der Waals surface area contributed by atoms with E-state index in [2.05, 4.69) is 48.6 Å². The highest BCUT2D eigenvalue weighted by Crippen LogP contribution is 2.49. The second-order valence-electron chi connectivity index (χ2n) is 5.98. The maximum atomic E-state index is 5.19. The van der Waals surface area contributed by atoms with Crippen molar-refractivity contribution in [3.8, 4) is 0 Å². The SMILES string of the molecule is CNc1conc1C1c2ccccc2CCC1(C)C. The first-order chi connectivity index (χ1) is 9.13. The van der Waals surface area contributed by atoms with Crippen molar-refractivity contribution in [1.29, 1.82) is 0 Å². The van der Waals surface area contributed by atoms with Gasteiger partial charge in [-0.25, -0.2) is 0 Å². The van der Waals surface area contributed by atoms with Gasteiger partial charge in [0.25, 0.3) is 0 Å². The van der Waals surface area contributed by atoms with Crippen LogP contribution >= 0.6 is 0 Å². The lowest BCUT2D eigenvalue weighted by Crippen LogP contribution is -2.29. The lowest BCUT2D eigenvalue weighted by Gasteiger charge is -2.39. The minimum Gasteiger partial charge on any atom is -0.384 e. The standard InChI is InChI=1S/C16H20N2O/c1-16(2)9-8-11-6-4-5-7-12(11)14(16)15-13(17-3)10-19-18-15/h4-7,10,14,17H,8-9H2,1-3H3. The Balaban J connectivity index is 2.17. The summed E-state index contributed by atoms with van der Waals surface area (Å²) in [7, 11) is 1.91. The molecule has 1 heterocycles. The maximum absolute atomic E-state index is 5.19. The fraction of sp³-hybridized carbons (Fsp3) is 0.438. The molecule has 0 saturated heterocycles. The molecular formula is C16H20N2O. The van der Waals surface area contributed by atoms with E-state index < -0.39 is 0 Å². The molecule has 1 atom stereocenters. The van der Waals surface area contributed by atoms with Gasteiger partial charge in [0, 0.05) is 13.0 Å². The van der Waals surface area contributed by atoms with E-state index in [9.17, 15) is 0 Å². The average Bonchev–Trinajstić information content (AvgIpc) is 2.85. The average molecular weight is 256 g/mol. The summed E-state index contributed by atoms with van der Waals surface area (Å²) >= 11 is 0. The number of benzene rings is 1. The van der Waals surface area contributed by atoms with Crippen molar-refractivity contribution >= 4 is 5.69 Å². The van der Waals surface area contributed by atoms with Crippen LogP contribution in [0, 0.1) is 5.41 Å². The van der Waals surface area contributed by atoms with Gasteiger partial charge in [-0.05, 0) is 29.4 Å². The van der Waals surface area contributed by atoms with Crippen LogP contribution in [0.15, 0.2) is 35.1 Å². The monoisotopic (exact) mass is 256 g/mol. The first-order valence-electron chi connectivity index (χ1n) is 6.83. The number of fused-ring (bicyclic) bond motifs is 1. The summed E-state index contributed by atoms with van der Waals surface area (Å²) < 4.78 is 5.19. The Labute approximate surface area is 114 Å². The molecule has 1 aromatic carbocycles. The minimum absolute atomic E-state index is 0.191. The molecule has 3 heteroatoms. The number of nitrogens with zero attached hydrogens (tertiary/aromatic N) is 1. The van der Waals surface area contributed by atoms with E-state index in [0.717, 1.165) is 17.8 Å². The van der Waals surface area contributed by atoms with E-state index in [4.69, 9.17) is 4.52 Å². The number of anilines is 1.